The molecule has 5 nitrogen and oxygen atoms in total. The van der Waals surface area contributed by atoms with Gasteiger partial charge in [0.15, 0.2) is 0 Å². The molecule has 0 radical (unpaired) electrons. The lowest BCUT2D eigenvalue weighted by atomic mass is 10.0. The quantitative estimate of drug-likeness (QED) is 0.578. The number of amidine groups is 1. The second kappa shape index (κ2) is 4.59. The average molecular weight is 369 g/mol. The minimum Gasteiger partial charge on any atom is -0.340 e. The normalized spacial score (nSPS) is 22.5. The molecular weight excluding hydrogens is 357 g/mol. The molecule has 1 atom stereocenters. The lowest BCUT2D eigenvalue weighted by Gasteiger charge is -2.30. The number of fused-ring (bicyclic) bond motifs is 1. The smallest absolute Gasteiger partial charge is 0.249 e. The minimum absolute atomic E-state index is 0.223. The molecule has 6 heteroatoms. The van der Waals surface area contributed by atoms with Gasteiger partial charge in [0.25, 0.3) is 0 Å². The zero-order chi connectivity index (χ0) is 13.6. The number of hydrogen-bond acceptors (Lipinski definition) is 3. The van der Waals surface area contributed by atoms with Crippen LogP contribution in [0.5, 0.6) is 0 Å². The van der Waals surface area contributed by atoms with E-state index in [1.807, 2.05) is 18.2 Å². The van der Waals surface area contributed by atoms with Gasteiger partial charge >= 0.3 is 0 Å². The van der Waals surface area contributed by atoms with Crippen LogP contribution in [0.3, 0.4) is 0 Å². The Labute approximate surface area is 124 Å². The molecule has 2 aliphatic rings. The van der Waals surface area contributed by atoms with Gasteiger partial charge in [-0.25, -0.2) is 0 Å². The fourth-order valence-corrected chi connectivity index (χ4v) is 3.14. The van der Waals surface area contributed by atoms with Crippen LogP contribution in [0.4, 0.5) is 0 Å². The molecule has 1 unspecified atom stereocenters. The van der Waals surface area contributed by atoms with E-state index in [0.29, 0.717) is 25.2 Å². The van der Waals surface area contributed by atoms with Gasteiger partial charge in [-0.05, 0) is 52.8 Å². The summed E-state index contributed by atoms with van der Waals surface area (Å²) in [5, 5.41) is 10.5. The van der Waals surface area contributed by atoms with E-state index in [0.717, 1.165) is 14.7 Å². The Morgan fingerprint density at radius 1 is 1.37 bits per heavy atom. The summed E-state index contributed by atoms with van der Waals surface area (Å²) in [5.41, 5.74) is 1.95. The van der Waals surface area contributed by atoms with Crippen molar-refractivity contribution in [3.8, 4) is 0 Å². The number of piperidine rings is 1. The Morgan fingerprint density at radius 2 is 2.16 bits per heavy atom. The number of rotatable bonds is 1. The van der Waals surface area contributed by atoms with Crippen LogP contribution >= 0.6 is 22.6 Å². The molecule has 2 N–H and O–H groups in total. The van der Waals surface area contributed by atoms with Crippen LogP contribution in [0.1, 0.15) is 24.0 Å². The van der Waals surface area contributed by atoms with E-state index in [1.165, 1.54) is 0 Å². The summed E-state index contributed by atoms with van der Waals surface area (Å²) < 4.78 is 1.12. The number of nitrogens with one attached hydrogen (secondary N) is 2. The third kappa shape index (κ3) is 2.13. The molecule has 0 aromatic heterocycles. The van der Waals surface area contributed by atoms with E-state index in [9.17, 15) is 9.59 Å². The maximum absolute atomic E-state index is 11.9. The van der Waals surface area contributed by atoms with E-state index in [4.69, 9.17) is 5.41 Å². The van der Waals surface area contributed by atoms with Crippen molar-refractivity contribution in [2.45, 2.75) is 25.4 Å². The largest absolute Gasteiger partial charge is 0.340 e. The maximum Gasteiger partial charge on any atom is 0.249 e. The fraction of sp³-hybridized carbons (Fsp3) is 0.308. The molecule has 2 heterocycles. The minimum atomic E-state index is -0.407. The molecule has 1 aromatic carbocycles. The first-order chi connectivity index (χ1) is 9.06. The summed E-state index contributed by atoms with van der Waals surface area (Å²) in [4.78, 5) is 24.8. The Hall–Kier alpha value is -1.44. The van der Waals surface area contributed by atoms with E-state index >= 15 is 0 Å². The van der Waals surface area contributed by atoms with Gasteiger partial charge in [0, 0.05) is 22.1 Å². The monoisotopic (exact) mass is 369 g/mol. The van der Waals surface area contributed by atoms with E-state index in [2.05, 4.69) is 27.9 Å². The molecule has 0 spiro atoms. The zero-order valence-electron chi connectivity index (χ0n) is 10.1. The molecule has 1 saturated heterocycles. The van der Waals surface area contributed by atoms with Crippen molar-refractivity contribution in [3.63, 3.8) is 0 Å². The first-order valence-corrected chi connectivity index (χ1v) is 7.12. The van der Waals surface area contributed by atoms with Crippen LogP contribution in [-0.2, 0) is 16.1 Å². The summed E-state index contributed by atoms with van der Waals surface area (Å²) in [5.74, 6) is -0.136. The van der Waals surface area contributed by atoms with E-state index < -0.39 is 6.04 Å². The van der Waals surface area contributed by atoms with Crippen LogP contribution in [-0.4, -0.2) is 28.6 Å². The number of nitrogens with zero attached hydrogens (tertiary/aromatic N) is 1. The molecular formula is C13H12IN3O2. The molecule has 1 aromatic rings. The Morgan fingerprint density at radius 3 is 2.89 bits per heavy atom. The molecule has 0 bridgehead atoms. The fourth-order valence-electron chi connectivity index (χ4n) is 2.59. The first-order valence-electron chi connectivity index (χ1n) is 6.04. The Bertz CT molecular complexity index is 600. The number of benzene rings is 1. The third-order valence-electron chi connectivity index (χ3n) is 3.54. The van der Waals surface area contributed by atoms with Gasteiger partial charge < -0.3 is 4.90 Å². The lowest BCUT2D eigenvalue weighted by Crippen LogP contribution is -2.52. The number of carbonyl (C=O) groups is 2. The molecule has 3 rings (SSSR count). The van der Waals surface area contributed by atoms with Crippen molar-refractivity contribution in [3.05, 3.63) is 32.9 Å². The van der Waals surface area contributed by atoms with Crippen molar-refractivity contribution >= 4 is 40.2 Å². The van der Waals surface area contributed by atoms with E-state index in [1.54, 1.807) is 4.90 Å². The highest BCUT2D eigenvalue weighted by Gasteiger charge is 2.37. The predicted octanol–water partition coefficient (Wildman–Crippen LogP) is 1.24. The third-order valence-corrected chi connectivity index (χ3v) is 4.21. The second-order valence-corrected chi connectivity index (χ2v) is 5.99. The molecule has 0 aliphatic carbocycles. The Balaban J connectivity index is 1.87. The predicted molar refractivity (Wildman–Crippen MR) is 77.7 cm³/mol. The Kier molecular flexibility index (Phi) is 3.04. The van der Waals surface area contributed by atoms with Crippen LogP contribution in [0.25, 0.3) is 0 Å². The van der Waals surface area contributed by atoms with Gasteiger partial charge in [0.2, 0.25) is 11.8 Å². The topological polar surface area (TPSA) is 73.3 Å². The number of imide groups is 1. The molecule has 98 valence electrons. The van der Waals surface area contributed by atoms with Crippen LogP contribution < -0.4 is 5.32 Å². The molecule has 0 saturated carbocycles. The van der Waals surface area contributed by atoms with E-state index in [-0.39, 0.29) is 11.8 Å². The number of carbonyl (C=O) groups excluding carboxylic acids is 2. The molecule has 1 fully saturated rings. The standard InChI is InChI=1S/C13H12IN3O2/c14-8-1-2-9-7(5-8)6-17(12(9)15)10-3-4-11(18)16-13(10)19/h1-2,5,10,15H,3-4,6H2,(H,16,18,19). The van der Waals surface area contributed by atoms with Crippen molar-refractivity contribution in [2.24, 2.45) is 0 Å². The summed E-state index contributed by atoms with van der Waals surface area (Å²) in [7, 11) is 0. The summed E-state index contributed by atoms with van der Waals surface area (Å²) in [6.07, 6.45) is 0.826. The van der Waals surface area contributed by atoms with Crippen molar-refractivity contribution in [1.82, 2.24) is 10.2 Å². The lowest BCUT2D eigenvalue weighted by molar-refractivity contribution is -0.136. The highest BCUT2D eigenvalue weighted by Crippen LogP contribution is 2.28. The maximum atomic E-state index is 11.9. The second-order valence-electron chi connectivity index (χ2n) is 4.74. The first kappa shape index (κ1) is 12.6. The number of halogens is 1. The number of amides is 2. The average Bonchev–Trinajstić information content (AvgIpc) is 2.66. The highest BCUT2D eigenvalue weighted by molar-refractivity contribution is 14.1. The van der Waals surface area contributed by atoms with Crippen LogP contribution in [0.2, 0.25) is 0 Å². The van der Waals surface area contributed by atoms with Crippen LogP contribution in [0, 0.1) is 8.98 Å². The van der Waals surface area contributed by atoms with Crippen molar-refractivity contribution in [1.29, 1.82) is 5.41 Å². The summed E-state index contributed by atoms with van der Waals surface area (Å²) in [6.45, 7) is 0.567. The van der Waals surface area contributed by atoms with Gasteiger partial charge in [-0.2, -0.15) is 0 Å². The summed E-state index contributed by atoms with van der Waals surface area (Å²) in [6, 6.07) is 5.51. The van der Waals surface area contributed by atoms with Gasteiger partial charge in [0.1, 0.15) is 11.9 Å². The van der Waals surface area contributed by atoms with Crippen molar-refractivity contribution in [2.75, 3.05) is 0 Å². The van der Waals surface area contributed by atoms with Gasteiger partial charge in [-0.3, -0.25) is 20.3 Å². The molecule has 2 aliphatic heterocycles. The highest BCUT2D eigenvalue weighted by atomic mass is 127. The van der Waals surface area contributed by atoms with Gasteiger partial charge in [0.05, 0.1) is 0 Å². The SMILES string of the molecule is N=C1c2ccc(I)cc2CN1C1CCC(=O)NC1=O. The van der Waals surface area contributed by atoms with Crippen LogP contribution in [0.15, 0.2) is 18.2 Å². The molecule has 19 heavy (non-hydrogen) atoms. The van der Waals surface area contributed by atoms with Gasteiger partial charge in [-0.15, -0.1) is 0 Å². The molecule has 2 amide bonds. The zero-order valence-corrected chi connectivity index (χ0v) is 12.2. The summed E-state index contributed by atoms with van der Waals surface area (Å²) >= 11 is 2.24. The number of hydrogen-bond donors (Lipinski definition) is 2. The van der Waals surface area contributed by atoms with Gasteiger partial charge in [-0.1, -0.05) is 0 Å². The van der Waals surface area contributed by atoms with Crippen molar-refractivity contribution < 1.29 is 9.59 Å².